The number of hydrogen-bond donors (Lipinski definition) is 2. The van der Waals surface area contributed by atoms with Crippen LogP contribution in [-0.4, -0.2) is 32.4 Å². The summed E-state index contributed by atoms with van der Waals surface area (Å²) in [6.07, 6.45) is -4.51. The summed E-state index contributed by atoms with van der Waals surface area (Å²) in [7, 11) is 0. The predicted octanol–water partition coefficient (Wildman–Crippen LogP) is 1.77. The van der Waals surface area contributed by atoms with Gasteiger partial charge in [-0.25, -0.2) is 0 Å². The molecule has 0 saturated carbocycles. The second-order valence-corrected chi connectivity index (χ2v) is 4.32. The number of halogens is 3. The van der Waals surface area contributed by atoms with E-state index in [2.05, 4.69) is 17.6 Å². The van der Waals surface area contributed by atoms with Gasteiger partial charge in [0.1, 0.15) is 0 Å². The fraction of sp³-hybridized carbons (Fsp3) is 1.00. The summed E-state index contributed by atoms with van der Waals surface area (Å²) in [5.41, 5.74) is 0. The van der Waals surface area contributed by atoms with Gasteiger partial charge in [-0.3, -0.25) is 0 Å². The molecule has 0 spiro atoms. The highest BCUT2D eigenvalue weighted by molar-refractivity contribution is 4.79. The summed E-state index contributed by atoms with van der Waals surface area (Å²) >= 11 is 0. The zero-order chi connectivity index (χ0) is 11.3. The molecule has 90 valence electrons. The second-order valence-electron chi connectivity index (χ2n) is 4.32. The molecule has 0 amide bonds. The van der Waals surface area contributed by atoms with Crippen LogP contribution in [0, 0.1) is 11.8 Å². The lowest BCUT2D eigenvalue weighted by Gasteiger charge is -2.15. The molecule has 0 aliphatic carbocycles. The Kier molecular flexibility index (Phi) is 4.86. The maximum Gasteiger partial charge on any atom is 0.389 e. The molecule has 1 fully saturated rings. The van der Waals surface area contributed by atoms with Gasteiger partial charge in [-0.2, -0.15) is 13.2 Å². The van der Waals surface area contributed by atoms with Crippen molar-refractivity contribution in [2.45, 2.75) is 25.9 Å². The van der Waals surface area contributed by atoms with E-state index in [0.29, 0.717) is 18.4 Å². The molecule has 0 aromatic carbocycles. The zero-order valence-electron chi connectivity index (χ0n) is 9.03. The molecule has 1 heterocycles. The Hall–Kier alpha value is -0.290. The van der Waals surface area contributed by atoms with Crippen molar-refractivity contribution in [3.8, 4) is 0 Å². The van der Waals surface area contributed by atoms with Crippen molar-refractivity contribution >= 4 is 0 Å². The maximum absolute atomic E-state index is 11.8. The van der Waals surface area contributed by atoms with Crippen molar-refractivity contribution < 1.29 is 13.2 Å². The Balaban J connectivity index is 1.97. The van der Waals surface area contributed by atoms with Crippen molar-refractivity contribution in [3.63, 3.8) is 0 Å². The summed E-state index contributed by atoms with van der Waals surface area (Å²) in [4.78, 5) is 0. The van der Waals surface area contributed by atoms with E-state index in [0.717, 1.165) is 19.6 Å². The highest BCUT2D eigenvalue weighted by Crippen LogP contribution is 2.20. The molecule has 0 unspecified atom stereocenters. The monoisotopic (exact) mass is 224 g/mol. The van der Waals surface area contributed by atoms with Crippen LogP contribution in [0.5, 0.6) is 0 Å². The Bertz CT molecular complexity index is 182. The van der Waals surface area contributed by atoms with Gasteiger partial charge in [-0.05, 0) is 44.4 Å². The number of nitrogens with one attached hydrogen (secondary N) is 2. The zero-order valence-corrected chi connectivity index (χ0v) is 9.03. The lowest BCUT2D eigenvalue weighted by atomic mass is 9.98. The Morgan fingerprint density at radius 2 is 2.07 bits per heavy atom. The lowest BCUT2D eigenvalue weighted by Crippen LogP contribution is -2.28. The topological polar surface area (TPSA) is 24.1 Å². The normalized spacial score (nSPS) is 27.2. The van der Waals surface area contributed by atoms with Crippen LogP contribution in [0.2, 0.25) is 0 Å². The minimum atomic E-state index is -4.01. The molecule has 2 N–H and O–H groups in total. The average Bonchev–Trinajstić information content (AvgIpc) is 2.49. The standard InChI is InChI=1S/C10H19F3N2/c1-8-5-15-7-9(8)6-14-4-2-3-10(11,12)13/h8-9,14-15H,2-7H2,1H3/t8-,9-/m1/s1. The van der Waals surface area contributed by atoms with E-state index in [9.17, 15) is 13.2 Å². The second kappa shape index (κ2) is 5.70. The van der Waals surface area contributed by atoms with Gasteiger partial charge in [0.15, 0.2) is 0 Å². The molecule has 1 saturated heterocycles. The SMILES string of the molecule is C[C@@H]1CNC[C@H]1CNCCCC(F)(F)F. The molecule has 1 aliphatic heterocycles. The van der Waals surface area contributed by atoms with Crippen LogP contribution in [0.25, 0.3) is 0 Å². The molecule has 2 atom stereocenters. The van der Waals surface area contributed by atoms with Crippen molar-refractivity contribution in [2.24, 2.45) is 11.8 Å². The van der Waals surface area contributed by atoms with E-state index < -0.39 is 12.6 Å². The van der Waals surface area contributed by atoms with E-state index in [1.54, 1.807) is 0 Å². The van der Waals surface area contributed by atoms with Crippen molar-refractivity contribution in [2.75, 3.05) is 26.2 Å². The Labute approximate surface area is 88.6 Å². The van der Waals surface area contributed by atoms with E-state index >= 15 is 0 Å². The van der Waals surface area contributed by atoms with Gasteiger partial charge in [-0.1, -0.05) is 6.92 Å². The minimum absolute atomic E-state index is 0.179. The molecule has 1 aliphatic rings. The van der Waals surface area contributed by atoms with Crippen LogP contribution in [0.15, 0.2) is 0 Å². The van der Waals surface area contributed by atoms with Crippen LogP contribution < -0.4 is 10.6 Å². The van der Waals surface area contributed by atoms with E-state index in [4.69, 9.17) is 0 Å². The third-order valence-corrected chi connectivity index (χ3v) is 2.90. The fourth-order valence-electron chi connectivity index (χ4n) is 1.84. The highest BCUT2D eigenvalue weighted by Gasteiger charge is 2.26. The summed E-state index contributed by atoms with van der Waals surface area (Å²) in [6, 6.07) is 0. The number of alkyl halides is 3. The third-order valence-electron chi connectivity index (χ3n) is 2.90. The molecule has 5 heteroatoms. The van der Waals surface area contributed by atoms with Gasteiger partial charge >= 0.3 is 6.18 Å². The first kappa shape index (κ1) is 12.8. The predicted molar refractivity (Wildman–Crippen MR) is 53.7 cm³/mol. The highest BCUT2D eigenvalue weighted by atomic mass is 19.4. The first-order chi connectivity index (χ1) is 6.99. The van der Waals surface area contributed by atoms with E-state index in [1.165, 1.54) is 0 Å². The van der Waals surface area contributed by atoms with Crippen molar-refractivity contribution in [1.29, 1.82) is 0 Å². The molecule has 0 bridgehead atoms. The van der Waals surface area contributed by atoms with Crippen LogP contribution in [0.3, 0.4) is 0 Å². The quantitative estimate of drug-likeness (QED) is 0.695. The van der Waals surface area contributed by atoms with Gasteiger partial charge in [0.25, 0.3) is 0 Å². The largest absolute Gasteiger partial charge is 0.389 e. The van der Waals surface area contributed by atoms with Crippen LogP contribution >= 0.6 is 0 Å². The van der Waals surface area contributed by atoms with Crippen molar-refractivity contribution in [3.05, 3.63) is 0 Å². The van der Waals surface area contributed by atoms with Crippen LogP contribution in [0.1, 0.15) is 19.8 Å². The van der Waals surface area contributed by atoms with Gasteiger partial charge < -0.3 is 10.6 Å². The first-order valence-electron chi connectivity index (χ1n) is 5.47. The lowest BCUT2D eigenvalue weighted by molar-refractivity contribution is -0.135. The molecule has 0 aromatic heterocycles. The van der Waals surface area contributed by atoms with E-state index in [-0.39, 0.29) is 6.42 Å². The van der Waals surface area contributed by atoms with Gasteiger partial charge in [0, 0.05) is 6.42 Å². The Morgan fingerprint density at radius 3 is 2.60 bits per heavy atom. The smallest absolute Gasteiger partial charge is 0.316 e. The van der Waals surface area contributed by atoms with Crippen molar-refractivity contribution in [1.82, 2.24) is 10.6 Å². The maximum atomic E-state index is 11.8. The molecule has 0 aromatic rings. The summed E-state index contributed by atoms with van der Waals surface area (Å²) in [6.45, 7) is 5.46. The average molecular weight is 224 g/mol. The molecular weight excluding hydrogens is 205 g/mol. The third kappa shape index (κ3) is 5.37. The number of rotatable bonds is 5. The van der Waals surface area contributed by atoms with Crippen LogP contribution in [-0.2, 0) is 0 Å². The van der Waals surface area contributed by atoms with Gasteiger partial charge in [-0.15, -0.1) is 0 Å². The molecule has 15 heavy (non-hydrogen) atoms. The summed E-state index contributed by atoms with van der Waals surface area (Å²) in [5.74, 6) is 1.19. The molecule has 2 nitrogen and oxygen atoms in total. The minimum Gasteiger partial charge on any atom is -0.316 e. The van der Waals surface area contributed by atoms with E-state index in [1.807, 2.05) is 0 Å². The van der Waals surface area contributed by atoms with Gasteiger partial charge in [0.2, 0.25) is 0 Å². The fourth-order valence-corrected chi connectivity index (χ4v) is 1.84. The Morgan fingerprint density at radius 1 is 1.33 bits per heavy atom. The summed E-state index contributed by atoms with van der Waals surface area (Å²) < 4.78 is 35.4. The van der Waals surface area contributed by atoms with Gasteiger partial charge in [0.05, 0.1) is 0 Å². The molecule has 0 radical (unpaired) electrons. The first-order valence-corrected chi connectivity index (χ1v) is 5.47. The molecule has 1 rings (SSSR count). The van der Waals surface area contributed by atoms with Crippen LogP contribution in [0.4, 0.5) is 13.2 Å². The summed E-state index contributed by atoms with van der Waals surface area (Å²) in [5, 5.41) is 6.36. The number of hydrogen-bond acceptors (Lipinski definition) is 2. The molecular formula is C10H19F3N2.